The number of amides is 3. The van der Waals surface area contributed by atoms with Gasteiger partial charge in [0.15, 0.2) is 0 Å². The van der Waals surface area contributed by atoms with Gasteiger partial charge in [-0.3, -0.25) is 19.3 Å². The first kappa shape index (κ1) is 23.0. The molecule has 174 valence electrons. The SMILES string of the molecule is CC(C)CC(C(=O)NCc1ccccc1N1CCN(C)CC1)N1C(=O)c2ccccc2C1=O. The van der Waals surface area contributed by atoms with Gasteiger partial charge in [0.05, 0.1) is 11.1 Å². The van der Waals surface area contributed by atoms with Gasteiger partial charge in [0, 0.05) is 38.4 Å². The first-order chi connectivity index (χ1) is 15.9. The normalized spacial score (nSPS) is 17.5. The molecule has 2 heterocycles. The van der Waals surface area contributed by atoms with Gasteiger partial charge < -0.3 is 15.1 Å². The first-order valence-electron chi connectivity index (χ1n) is 11.6. The molecule has 1 unspecified atom stereocenters. The van der Waals surface area contributed by atoms with E-state index in [2.05, 4.69) is 28.2 Å². The zero-order valence-corrected chi connectivity index (χ0v) is 19.6. The Kier molecular flexibility index (Phi) is 6.79. The average Bonchev–Trinajstić information content (AvgIpc) is 3.07. The Balaban J connectivity index is 1.51. The fourth-order valence-electron chi connectivity index (χ4n) is 4.58. The van der Waals surface area contributed by atoms with Crippen molar-refractivity contribution in [3.8, 4) is 0 Å². The van der Waals surface area contributed by atoms with Crippen molar-refractivity contribution < 1.29 is 14.4 Å². The minimum Gasteiger partial charge on any atom is -0.369 e. The zero-order chi connectivity index (χ0) is 23.5. The Hall–Kier alpha value is -3.19. The topological polar surface area (TPSA) is 73.0 Å². The van der Waals surface area contributed by atoms with Crippen molar-refractivity contribution in [2.45, 2.75) is 32.9 Å². The number of rotatable bonds is 7. The molecule has 0 aromatic heterocycles. The van der Waals surface area contributed by atoms with E-state index in [0.29, 0.717) is 24.1 Å². The lowest BCUT2D eigenvalue weighted by Crippen LogP contribution is -2.50. The molecule has 1 atom stereocenters. The van der Waals surface area contributed by atoms with Gasteiger partial charge in [0.25, 0.3) is 11.8 Å². The number of piperazine rings is 1. The number of para-hydroxylation sites is 1. The summed E-state index contributed by atoms with van der Waals surface area (Å²) >= 11 is 0. The minimum absolute atomic E-state index is 0.141. The number of fused-ring (bicyclic) bond motifs is 1. The van der Waals surface area contributed by atoms with Crippen LogP contribution in [0.1, 0.15) is 46.5 Å². The predicted molar refractivity (Wildman–Crippen MR) is 128 cm³/mol. The van der Waals surface area contributed by atoms with Gasteiger partial charge in [-0.1, -0.05) is 44.2 Å². The number of anilines is 1. The van der Waals surface area contributed by atoms with E-state index >= 15 is 0 Å². The molecule has 0 aliphatic carbocycles. The summed E-state index contributed by atoms with van der Waals surface area (Å²) in [6, 6.07) is 14.0. The fourth-order valence-corrected chi connectivity index (χ4v) is 4.58. The lowest BCUT2D eigenvalue weighted by Gasteiger charge is -2.35. The predicted octanol–water partition coefficient (Wildman–Crippen LogP) is 2.77. The molecule has 2 aliphatic heterocycles. The molecule has 1 fully saturated rings. The van der Waals surface area contributed by atoms with Crippen LogP contribution in [0.5, 0.6) is 0 Å². The molecule has 2 aromatic carbocycles. The molecular weight excluding hydrogens is 416 g/mol. The van der Waals surface area contributed by atoms with Crippen molar-refractivity contribution >= 4 is 23.4 Å². The summed E-state index contributed by atoms with van der Waals surface area (Å²) in [4.78, 5) is 45.1. The Bertz CT molecular complexity index is 1010. The highest BCUT2D eigenvalue weighted by molar-refractivity contribution is 6.22. The molecule has 7 heteroatoms. The summed E-state index contributed by atoms with van der Waals surface area (Å²) in [5, 5.41) is 3.02. The monoisotopic (exact) mass is 448 g/mol. The average molecular weight is 449 g/mol. The second kappa shape index (κ2) is 9.75. The number of carbonyl (C=O) groups is 3. The van der Waals surface area contributed by atoms with Crippen LogP contribution in [0.3, 0.4) is 0 Å². The Morgan fingerprint density at radius 2 is 1.48 bits per heavy atom. The molecule has 4 rings (SSSR count). The Morgan fingerprint density at radius 1 is 0.909 bits per heavy atom. The van der Waals surface area contributed by atoms with Gasteiger partial charge in [-0.25, -0.2) is 0 Å². The van der Waals surface area contributed by atoms with Gasteiger partial charge in [0.2, 0.25) is 5.91 Å². The lowest BCUT2D eigenvalue weighted by atomic mass is 10.0. The van der Waals surface area contributed by atoms with Crippen LogP contribution in [0.15, 0.2) is 48.5 Å². The molecule has 1 N–H and O–H groups in total. The third-order valence-corrected chi connectivity index (χ3v) is 6.42. The zero-order valence-electron chi connectivity index (χ0n) is 19.6. The van der Waals surface area contributed by atoms with E-state index < -0.39 is 17.9 Å². The molecule has 0 radical (unpaired) electrons. The van der Waals surface area contributed by atoms with E-state index in [1.54, 1.807) is 24.3 Å². The van der Waals surface area contributed by atoms with Crippen molar-refractivity contribution in [2.75, 3.05) is 38.1 Å². The maximum absolute atomic E-state index is 13.3. The van der Waals surface area contributed by atoms with Crippen LogP contribution >= 0.6 is 0 Å². The highest BCUT2D eigenvalue weighted by Gasteiger charge is 2.42. The number of imide groups is 1. The number of benzene rings is 2. The second-order valence-electron chi connectivity index (χ2n) is 9.31. The van der Waals surface area contributed by atoms with Crippen molar-refractivity contribution in [1.82, 2.24) is 15.1 Å². The van der Waals surface area contributed by atoms with Gasteiger partial charge in [-0.05, 0) is 43.1 Å². The van der Waals surface area contributed by atoms with Crippen molar-refractivity contribution in [2.24, 2.45) is 5.92 Å². The maximum Gasteiger partial charge on any atom is 0.262 e. The van der Waals surface area contributed by atoms with Crippen LogP contribution in [-0.2, 0) is 11.3 Å². The summed E-state index contributed by atoms with van der Waals surface area (Å²) in [7, 11) is 2.12. The van der Waals surface area contributed by atoms with E-state index in [4.69, 9.17) is 0 Å². The van der Waals surface area contributed by atoms with Crippen LogP contribution in [0.4, 0.5) is 5.69 Å². The number of nitrogens with zero attached hydrogens (tertiary/aromatic N) is 3. The van der Waals surface area contributed by atoms with Gasteiger partial charge in [0.1, 0.15) is 6.04 Å². The van der Waals surface area contributed by atoms with Gasteiger partial charge in [-0.2, -0.15) is 0 Å². The number of nitrogens with one attached hydrogen (secondary N) is 1. The third kappa shape index (κ3) is 4.78. The molecule has 7 nitrogen and oxygen atoms in total. The van der Waals surface area contributed by atoms with E-state index in [1.807, 2.05) is 32.0 Å². The molecule has 1 saturated heterocycles. The minimum atomic E-state index is -0.840. The van der Waals surface area contributed by atoms with E-state index in [0.717, 1.165) is 42.3 Å². The lowest BCUT2D eigenvalue weighted by molar-refractivity contribution is -0.125. The summed E-state index contributed by atoms with van der Waals surface area (Å²) in [5.74, 6) is -0.947. The number of carbonyl (C=O) groups excluding carboxylic acids is 3. The quantitative estimate of drug-likeness (QED) is 0.660. The summed E-state index contributed by atoms with van der Waals surface area (Å²) in [6.07, 6.45) is 0.414. The molecule has 33 heavy (non-hydrogen) atoms. The standard InChI is InChI=1S/C26H32N4O3/c1-18(2)16-23(30-25(32)20-9-5-6-10-21(20)26(30)33)24(31)27-17-19-8-4-7-11-22(19)29-14-12-28(3)13-15-29/h4-11,18,23H,12-17H2,1-3H3,(H,27,31). The number of hydrogen-bond donors (Lipinski definition) is 1. The molecule has 2 aromatic rings. The molecular formula is C26H32N4O3. The summed E-state index contributed by atoms with van der Waals surface area (Å²) in [5.41, 5.74) is 2.88. The number of likely N-dealkylation sites (N-methyl/N-ethyl adjacent to an activating group) is 1. The van der Waals surface area contributed by atoms with Crippen LogP contribution in [0.25, 0.3) is 0 Å². The van der Waals surface area contributed by atoms with Crippen molar-refractivity contribution in [3.63, 3.8) is 0 Å². The van der Waals surface area contributed by atoms with Crippen LogP contribution in [0.2, 0.25) is 0 Å². The van der Waals surface area contributed by atoms with E-state index in [-0.39, 0.29) is 11.8 Å². The number of hydrogen-bond acceptors (Lipinski definition) is 5. The van der Waals surface area contributed by atoms with E-state index in [9.17, 15) is 14.4 Å². The summed E-state index contributed by atoms with van der Waals surface area (Å²) in [6.45, 7) is 8.19. The molecule has 3 amide bonds. The van der Waals surface area contributed by atoms with Gasteiger partial charge >= 0.3 is 0 Å². The Morgan fingerprint density at radius 3 is 2.09 bits per heavy atom. The third-order valence-electron chi connectivity index (χ3n) is 6.42. The largest absolute Gasteiger partial charge is 0.369 e. The summed E-state index contributed by atoms with van der Waals surface area (Å²) < 4.78 is 0. The highest BCUT2D eigenvalue weighted by atomic mass is 16.2. The molecule has 0 saturated carbocycles. The highest BCUT2D eigenvalue weighted by Crippen LogP contribution is 2.27. The van der Waals surface area contributed by atoms with E-state index in [1.165, 1.54) is 0 Å². The van der Waals surface area contributed by atoms with Crippen LogP contribution in [0, 0.1) is 5.92 Å². The molecule has 0 bridgehead atoms. The Labute approximate surface area is 195 Å². The molecule has 0 spiro atoms. The van der Waals surface area contributed by atoms with Gasteiger partial charge in [-0.15, -0.1) is 0 Å². The van der Waals surface area contributed by atoms with Crippen LogP contribution < -0.4 is 10.2 Å². The fraction of sp³-hybridized carbons (Fsp3) is 0.423. The van der Waals surface area contributed by atoms with Crippen molar-refractivity contribution in [3.05, 3.63) is 65.2 Å². The molecule has 2 aliphatic rings. The maximum atomic E-state index is 13.3. The van der Waals surface area contributed by atoms with Crippen LogP contribution in [-0.4, -0.2) is 66.8 Å². The smallest absolute Gasteiger partial charge is 0.262 e. The van der Waals surface area contributed by atoms with Crippen molar-refractivity contribution in [1.29, 1.82) is 0 Å². The first-order valence-corrected chi connectivity index (χ1v) is 11.6. The second-order valence-corrected chi connectivity index (χ2v) is 9.31.